The van der Waals surface area contributed by atoms with Crippen LogP contribution in [0.4, 0.5) is 0 Å². The van der Waals surface area contributed by atoms with Crippen LogP contribution in [-0.4, -0.2) is 19.7 Å². The number of esters is 1. The lowest BCUT2D eigenvalue weighted by molar-refractivity contribution is -0.141. The fraction of sp³-hybridized carbons (Fsp3) is 0.238. The Hall–Kier alpha value is -3.08. The van der Waals surface area contributed by atoms with Gasteiger partial charge in [0.1, 0.15) is 11.3 Å². The van der Waals surface area contributed by atoms with Gasteiger partial charge in [-0.25, -0.2) is 4.79 Å². The molecule has 0 amide bonds. The molecule has 1 heterocycles. The van der Waals surface area contributed by atoms with Crippen molar-refractivity contribution in [2.75, 3.05) is 13.7 Å². The molecule has 0 aliphatic rings. The zero-order valence-electron chi connectivity index (χ0n) is 14.8. The monoisotopic (exact) mass is 352 g/mol. The maximum Gasteiger partial charge on any atom is 0.344 e. The Morgan fingerprint density at radius 2 is 1.85 bits per heavy atom. The molecule has 0 N–H and O–H groups in total. The molecule has 3 rings (SSSR count). The van der Waals surface area contributed by atoms with Crippen LogP contribution in [-0.2, 0) is 16.0 Å². The summed E-state index contributed by atoms with van der Waals surface area (Å²) in [4.78, 5) is 23.2. The summed E-state index contributed by atoms with van der Waals surface area (Å²) in [7, 11) is 1.60. The number of benzene rings is 2. The predicted octanol–water partition coefficient (Wildman–Crippen LogP) is 3.96. The molecule has 5 nitrogen and oxygen atoms in total. The minimum atomic E-state index is -0.375. The van der Waals surface area contributed by atoms with Crippen molar-refractivity contribution in [2.24, 2.45) is 0 Å². The zero-order valence-corrected chi connectivity index (χ0v) is 14.8. The second-order valence-electron chi connectivity index (χ2n) is 5.99. The van der Waals surface area contributed by atoms with Gasteiger partial charge in [0, 0.05) is 12.3 Å². The minimum absolute atomic E-state index is 0.277. The summed E-state index contributed by atoms with van der Waals surface area (Å²) in [5.41, 5.74) is 2.51. The Morgan fingerprint density at radius 3 is 2.54 bits per heavy atom. The molecule has 2 aromatic carbocycles. The number of aryl methyl sites for hydroxylation is 1. The largest absolute Gasteiger partial charge is 0.497 e. The quantitative estimate of drug-likeness (QED) is 0.382. The molecule has 0 unspecified atom stereocenters. The van der Waals surface area contributed by atoms with Crippen LogP contribution in [0.2, 0.25) is 0 Å². The van der Waals surface area contributed by atoms with Gasteiger partial charge in [-0.2, -0.15) is 0 Å². The van der Waals surface area contributed by atoms with Crippen LogP contribution in [0.15, 0.2) is 57.7 Å². The maximum absolute atomic E-state index is 12.4. The summed E-state index contributed by atoms with van der Waals surface area (Å²) < 4.78 is 15.6. The number of carbonyl (C=O) groups is 1. The van der Waals surface area contributed by atoms with E-state index in [1.54, 1.807) is 7.11 Å². The highest BCUT2D eigenvalue weighted by Crippen LogP contribution is 2.24. The summed E-state index contributed by atoms with van der Waals surface area (Å²) in [6.07, 6.45) is 1.46. The lowest BCUT2D eigenvalue weighted by Crippen LogP contribution is -2.03. The Balaban J connectivity index is 1.83. The number of ether oxygens (including phenoxy) is 2. The summed E-state index contributed by atoms with van der Waals surface area (Å²) in [5.74, 6) is 0.456. The first-order valence-electron chi connectivity index (χ1n) is 8.41. The highest BCUT2D eigenvalue weighted by atomic mass is 16.5. The number of rotatable bonds is 6. The molecule has 134 valence electrons. The molecular formula is C21H20O5. The van der Waals surface area contributed by atoms with Crippen molar-refractivity contribution < 1.29 is 18.7 Å². The summed E-state index contributed by atoms with van der Waals surface area (Å²) in [6.45, 7) is 1.78. The van der Waals surface area contributed by atoms with E-state index >= 15 is 0 Å². The van der Waals surface area contributed by atoms with E-state index in [1.165, 1.54) is 6.92 Å². The van der Waals surface area contributed by atoms with E-state index in [-0.39, 0.29) is 11.6 Å². The standard InChI is InChI=1S/C21H20O5/c1-14(22)25-11-3-4-15-5-6-17-13-19(21(23)26-20(17)12-15)16-7-9-18(24-2)10-8-16/h5-10,12-13H,3-4,11H2,1-2H3. The predicted molar refractivity (Wildman–Crippen MR) is 99.4 cm³/mol. The Kier molecular flexibility index (Phi) is 5.37. The van der Waals surface area contributed by atoms with Crippen molar-refractivity contribution in [3.8, 4) is 16.9 Å². The van der Waals surface area contributed by atoms with Crippen LogP contribution >= 0.6 is 0 Å². The third kappa shape index (κ3) is 4.11. The van der Waals surface area contributed by atoms with Gasteiger partial charge in [0.05, 0.1) is 19.3 Å². The molecular weight excluding hydrogens is 332 g/mol. The lowest BCUT2D eigenvalue weighted by atomic mass is 10.0. The second-order valence-corrected chi connectivity index (χ2v) is 5.99. The molecule has 0 saturated carbocycles. The van der Waals surface area contributed by atoms with Crippen molar-refractivity contribution in [1.82, 2.24) is 0 Å². The lowest BCUT2D eigenvalue weighted by Gasteiger charge is -2.06. The van der Waals surface area contributed by atoms with E-state index in [1.807, 2.05) is 48.5 Å². The third-order valence-electron chi connectivity index (χ3n) is 4.12. The molecule has 3 aromatic rings. The van der Waals surface area contributed by atoms with Gasteiger partial charge in [0.25, 0.3) is 0 Å². The average Bonchev–Trinajstić information content (AvgIpc) is 2.64. The number of fused-ring (bicyclic) bond motifs is 1. The molecule has 0 aliphatic heterocycles. The normalized spacial score (nSPS) is 10.7. The molecule has 0 atom stereocenters. The number of hydrogen-bond acceptors (Lipinski definition) is 5. The van der Waals surface area contributed by atoms with Crippen LogP contribution in [0.3, 0.4) is 0 Å². The minimum Gasteiger partial charge on any atom is -0.497 e. The van der Waals surface area contributed by atoms with Crippen LogP contribution < -0.4 is 10.4 Å². The van der Waals surface area contributed by atoms with Crippen LogP contribution in [0.5, 0.6) is 5.75 Å². The van der Waals surface area contributed by atoms with E-state index < -0.39 is 0 Å². The van der Waals surface area contributed by atoms with E-state index in [0.29, 0.717) is 17.8 Å². The van der Waals surface area contributed by atoms with Gasteiger partial charge in [0.15, 0.2) is 0 Å². The molecule has 1 aromatic heterocycles. The smallest absolute Gasteiger partial charge is 0.344 e. The van der Waals surface area contributed by atoms with Gasteiger partial charge in [-0.3, -0.25) is 4.79 Å². The fourth-order valence-electron chi connectivity index (χ4n) is 2.78. The van der Waals surface area contributed by atoms with Crippen LogP contribution in [0.1, 0.15) is 18.9 Å². The molecule has 0 spiro atoms. The molecule has 5 heteroatoms. The van der Waals surface area contributed by atoms with Crippen LogP contribution in [0, 0.1) is 0 Å². The van der Waals surface area contributed by atoms with E-state index in [4.69, 9.17) is 13.9 Å². The topological polar surface area (TPSA) is 65.7 Å². The van der Waals surface area contributed by atoms with Crippen molar-refractivity contribution in [3.05, 3.63) is 64.5 Å². The first kappa shape index (κ1) is 17.7. The first-order valence-corrected chi connectivity index (χ1v) is 8.41. The van der Waals surface area contributed by atoms with Gasteiger partial charge in [-0.15, -0.1) is 0 Å². The molecule has 0 fully saturated rings. The van der Waals surface area contributed by atoms with Gasteiger partial charge in [-0.1, -0.05) is 24.3 Å². The molecule has 0 saturated heterocycles. The number of methoxy groups -OCH3 is 1. The van der Waals surface area contributed by atoms with Gasteiger partial charge < -0.3 is 13.9 Å². The summed E-state index contributed by atoms with van der Waals surface area (Å²) in [5, 5.41) is 0.860. The van der Waals surface area contributed by atoms with Gasteiger partial charge in [-0.05, 0) is 48.2 Å². The molecule has 0 radical (unpaired) electrons. The van der Waals surface area contributed by atoms with Crippen molar-refractivity contribution >= 4 is 16.9 Å². The highest BCUT2D eigenvalue weighted by molar-refractivity contribution is 5.82. The molecule has 0 bridgehead atoms. The van der Waals surface area contributed by atoms with Gasteiger partial charge >= 0.3 is 11.6 Å². The Labute approximate surface area is 151 Å². The fourth-order valence-corrected chi connectivity index (χ4v) is 2.78. The maximum atomic E-state index is 12.4. The SMILES string of the molecule is COc1ccc(-c2cc3ccc(CCCOC(C)=O)cc3oc2=O)cc1. The highest BCUT2D eigenvalue weighted by Gasteiger charge is 2.09. The van der Waals surface area contributed by atoms with Crippen molar-refractivity contribution in [3.63, 3.8) is 0 Å². The van der Waals surface area contributed by atoms with Crippen LogP contribution in [0.25, 0.3) is 22.1 Å². The Bertz CT molecular complexity index is 970. The number of hydrogen-bond donors (Lipinski definition) is 0. The third-order valence-corrected chi connectivity index (χ3v) is 4.12. The van der Waals surface area contributed by atoms with Crippen molar-refractivity contribution in [1.29, 1.82) is 0 Å². The molecule has 26 heavy (non-hydrogen) atoms. The summed E-state index contributed by atoms with van der Waals surface area (Å²) in [6, 6.07) is 14.9. The zero-order chi connectivity index (χ0) is 18.5. The first-order chi connectivity index (χ1) is 12.6. The average molecular weight is 352 g/mol. The van der Waals surface area contributed by atoms with Gasteiger partial charge in [0.2, 0.25) is 0 Å². The van der Waals surface area contributed by atoms with E-state index in [2.05, 4.69) is 0 Å². The molecule has 0 aliphatic carbocycles. The summed E-state index contributed by atoms with van der Waals surface area (Å²) >= 11 is 0. The van der Waals surface area contributed by atoms with E-state index in [0.717, 1.165) is 35.1 Å². The number of carbonyl (C=O) groups excluding carboxylic acids is 1. The van der Waals surface area contributed by atoms with Crippen molar-refractivity contribution in [2.45, 2.75) is 19.8 Å². The van der Waals surface area contributed by atoms with E-state index in [9.17, 15) is 9.59 Å². The Morgan fingerprint density at radius 1 is 1.08 bits per heavy atom. The second kappa shape index (κ2) is 7.87.